The maximum Gasteiger partial charge on any atom is 0.115 e. The zero-order valence-electron chi connectivity index (χ0n) is 9.47. The topological polar surface area (TPSA) is 37.8 Å². The fraction of sp³-hybridized carbons (Fsp3) is 0.333. The molecule has 0 radical (unpaired) electrons. The lowest BCUT2D eigenvalue weighted by Gasteiger charge is -2.10. The van der Waals surface area contributed by atoms with Gasteiger partial charge in [-0.2, -0.15) is 0 Å². The van der Waals surface area contributed by atoms with Gasteiger partial charge in [0.1, 0.15) is 6.33 Å². The zero-order chi connectivity index (χ0) is 11.4. The predicted molar refractivity (Wildman–Crippen MR) is 67.4 cm³/mol. The van der Waals surface area contributed by atoms with Gasteiger partial charge in [-0.3, -0.25) is 0 Å². The van der Waals surface area contributed by atoms with Crippen molar-refractivity contribution in [2.45, 2.75) is 19.4 Å². The molecular weight excluding hydrogens is 218 g/mol. The molecule has 2 rings (SSSR count). The van der Waals surface area contributed by atoms with Crippen molar-refractivity contribution in [1.82, 2.24) is 15.3 Å². The van der Waals surface area contributed by atoms with E-state index in [4.69, 9.17) is 0 Å². The lowest BCUT2D eigenvalue weighted by molar-refractivity contribution is 0.586. The summed E-state index contributed by atoms with van der Waals surface area (Å²) in [7, 11) is 2.00. The Morgan fingerprint density at radius 3 is 2.69 bits per heavy atom. The van der Waals surface area contributed by atoms with E-state index in [-0.39, 0.29) is 0 Å². The van der Waals surface area contributed by atoms with Gasteiger partial charge < -0.3 is 5.32 Å². The van der Waals surface area contributed by atoms with Crippen LogP contribution in [0.1, 0.15) is 24.3 Å². The largest absolute Gasteiger partial charge is 0.312 e. The van der Waals surface area contributed by atoms with Crippen molar-refractivity contribution in [3.8, 4) is 10.4 Å². The second kappa shape index (κ2) is 5.18. The Morgan fingerprint density at radius 1 is 1.31 bits per heavy atom. The fourth-order valence-corrected chi connectivity index (χ4v) is 2.85. The van der Waals surface area contributed by atoms with Crippen LogP contribution in [-0.4, -0.2) is 17.0 Å². The average molecular weight is 233 g/mol. The Bertz CT molecular complexity index is 435. The van der Waals surface area contributed by atoms with Gasteiger partial charge in [0.05, 0.1) is 0 Å². The first kappa shape index (κ1) is 11.2. The molecule has 0 fully saturated rings. The Hall–Kier alpha value is -1.26. The average Bonchev–Trinajstić information content (AvgIpc) is 2.81. The molecule has 84 valence electrons. The summed E-state index contributed by atoms with van der Waals surface area (Å²) in [6.45, 7) is 2.19. The van der Waals surface area contributed by atoms with E-state index in [1.807, 2.05) is 19.4 Å². The predicted octanol–water partition coefficient (Wildman–Crippen LogP) is 2.88. The van der Waals surface area contributed by atoms with Crippen LogP contribution in [0.4, 0.5) is 0 Å². The van der Waals surface area contributed by atoms with Crippen molar-refractivity contribution in [2.75, 3.05) is 7.05 Å². The molecule has 3 nitrogen and oxygen atoms in total. The highest BCUT2D eigenvalue weighted by atomic mass is 32.1. The van der Waals surface area contributed by atoms with Gasteiger partial charge in [-0.25, -0.2) is 9.97 Å². The lowest BCUT2D eigenvalue weighted by Crippen LogP contribution is -2.13. The number of rotatable bonds is 4. The SMILES string of the molecule is CCC(NC)c1ccc(-c2cncnc2)s1. The number of thiophene rings is 1. The molecule has 2 aromatic heterocycles. The Morgan fingerprint density at radius 2 is 2.06 bits per heavy atom. The quantitative estimate of drug-likeness (QED) is 0.882. The maximum absolute atomic E-state index is 4.04. The van der Waals surface area contributed by atoms with Crippen LogP contribution in [0.2, 0.25) is 0 Å². The molecule has 0 aliphatic rings. The van der Waals surface area contributed by atoms with Gasteiger partial charge in [0, 0.05) is 33.8 Å². The smallest absolute Gasteiger partial charge is 0.115 e. The molecule has 2 heterocycles. The van der Waals surface area contributed by atoms with E-state index < -0.39 is 0 Å². The van der Waals surface area contributed by atoms with Gasteiger partial charge in [0.15, 0.2) is 0 Å². The van der Waals surface area contributed by atoms with Crippen molar-refractivity contribution in [3.05, 3.63) is 35.7 Å². The van der Waals surface area contributed by atoms with Crippen LogP contribution in [0.25, 0.3) is 10.4 Å². The second-order valence-electron chi connectivity index (χ2n) is 3.58. The van der Waals surface area contributed by atoms with Gasteiger partial charge in [-0.05, 0) is 25.6 Å². The molecule has 0 aliphatic carbocycles. The molecule has 16 heavy (non-hydrogen) atoms. The van der Waals surface area contributed by atoms with E-state index in [0.29, 0.717) is 6.04 Å². The molecule has 0 saturated carbocycles. The number of nitrogens with zero attached hydrogens (tertiary/aromatic N) is 2. The summed E-state index contributed by atoms with van der Waals surface area (Å²) in [6.07, 6.45) is 6.36. The molecule has 4 heteroatoms. The minimum absolute atomic E-state index is 0.448. The summed E-state index contributed by atoms with van der Waals surface area (Å²) in [4.78, 5) is 10.7. The monoisotopic (exact) mass is 233 g/mol. The van der Waals surface area contributed by atoms with Crippen molar-refractivity contribution in [2.24, 2.45) is 0 Å². The Labute approximate surface area is 99.6 Å². The van der Waals surface area contributed by atoms with Crippen LogP contribution in [0.5, 0.6) is 0 Å². The first-order valence-corrected chi connectivity index (χ1v) is 6.19. The van der Waals surface area contributed by atoms with E-state index in [9.17, 15) is 0 Å². The zero-order valence-corrected chi connectivity index (χ0v) is 10.3. The molecule has 0 amide bonds. The van der Waals surface area contributed by atoms with Crippen molar-refractivity contribution in [1.29, 1.82) is 0 Å². The van der Waals surface area contributed by atoms with E-state index >= 15 is 0 Å². The summed E-state index contributed by atoms with van der Waals surface area (Å²) in [5.41, 5.74) is 1.09. The first-order chi connectivity index (χ1) is 7.85. The number of hydrogen-bond donors (Lipinski definition) is 1. The van der Waals surface area contributed by atoms with Crippen LogP contribution < -0.4 is 5.32 Å². The number of hydrogen-bond acceptors (Lipinski definition) is 4. The fourth-order valence-electron chi connectivity index (χ4n) is 1.67. The molecule has 2 aromatic rings. The third-order valence-corrected chi connectivity index (χ3v) is 3.82. The highest BCUT2D eigenvalue weighted by Crippen LogP contribution is 2.31. The van der Waals surface area contributed by atoms with Gasteiger partial charge in [-0.15, -0.1) is 11.3 Å². The molecule has 1 unspecified atom stereocenters. The van der Waals surface area contributed by atoms with Crippen LogP contribution in [0.15, 0.2) is 30.9 Å². The van der Waals surface area contributed by atoms with Crippen molar-refractivity contribution < 1.29 is 0 Å². The first-order valence-electron chi connectivity index (χ1n) is 5.37. The summed E-state index contributed by atoms with van der Waals surface area (Å²) < 4.78 is 0. The standard InChI is InChI=1S/C12H15N3S/c1-3-10(13-2)12-5-4-11(16-12)9-6-14-8-15-7-9/h4-8,10,13H,3H2,1-2H3. The third-order valence-electron chi connectivity index (χ3n) is 2.57. The minimum atomic E-state index is 0.448. The van der Waals surface area contributed by atoms with E-state index in [1.165, 1.54) is 9.75 Å². The number of nitrogens with one attached hydrogen (secondary N) is 1. The molecular formula is C12H15N3S. The number of aromatic nitrogens is 2. The molecule has 0 bridgehead atoms. The van der Waals surface area contributed by atoms with Crippen LogP contribution in [-0.2, 0) is 0 Å². The minimum Gasteiger partial charge on any atom is -0.312 e. The van der Waals surface area contributed by atoms with Gasteiger partial charge in [-0.1, -0.05) is 6.92 Å². The normalized spacial score (nSPS) is 12.6. The Kier molecular flexibility index (Phi) is 3.64. The van der Waals surface area contributed by atoms with Crippen LogP contribution >= 0.6 is 11.3 Å². The highest BCUT2D eigenvalue weighted by molar-refractivity contribution is 7.15. The van der Waals surface area contributed by atoms with E-state index in [1.54, 1.807) is 17.7 Å². The van der Waals surface area contributed by atoms with Gasteiger partial charge in [0.2, 0.25) is 0 Å². The summed E-state index contributed by atoms with van der Waals surface area (Å²) in [5.74, 6) is 0. The highest BCUT2D eigenvalue weighted by Gasteiger charge is 2.10. The Balaban J connectivity index is 2.26. The summed E-state index contributed by atoms with van der Waals surface area (Å²) in [6, 6.07) is 4.76. The molecule has 0 saturated heterocycles. The molecule has 1 atom stereocenters. The maximum atomic E-state index is 4.04. The van der Waals surface area contributed by atoms with Gasteiger partial charge >= 0.3 is 0 Å². The second-order valence-corrected chi connectivity index (χ2v) is 4.69. The van der Waals surface area contributed by atoms with E-state index in [0.717, 1.165) is 12.0 Å². The lowest BCUT2D eigenvalue weighted by atomic mass is 10.2. The van der Waals surface area contributed by atoms with Gasteiger partial charge in [0.25, 0.3) is 0 Å². The summed E-state index contributed by atoms with van der Waals surface area (Å²) >= 11 is 1.80. The van der Waals surface area contributed by atoms with Crippen molar-refractivity contribution in [3.63, 3.8) is 0 Å². The molecule has 0 aliphatic heterocycles. The van der Waals surface area contributed by atoms with Crippen LogP contribution in [0, 0.1) is 0 Å². The van der Waals surface area contributed by atoms with Crippen molar-refractivity contribution >= 4 is 11.3 Å². The van der Waals surface area contributed by atoms with Crippen LogP contribution in [0.3, 0.4) is 0 Å². The molecule has 0 aromatic carbocycles. The molecule has 0 spiro atoms. The summed E-state index contributed by atoms with van der Waals surface area (Å²) in [5, 5.41) is 3.31. The molecule has 1 N–H and O–H groups in total. The third kappa shape index (κ3) is 2.28. The van der Waals surface area contributed by atoms with E-state index in [2.05, 4.69) is 34.3 Å².